The van der Waals surface area contributed by atoms with Gasteiger partial charge in [0.15, 0.2) is 9.84 Å². The van der Waals surface area contributed by atoms with Crippen molar-refractivity contribution >= 4 is 32.3 Å². The Kier molecular flexibility index (Phi) is 9.63. The fourth-order valence-electron chi connectivity index (χ4n) is 3.58. The van der Waals surface area contributed by atoms with Crippen molar-refractivity contribution in [2.45, 2.75) is 53.0 Å². The monoisotopic (exact) mass is 497 g/mol. The Bertz CT molecular complexity index is 1180. The molecule has 0 amide bonds. The molecule has 2 aromatic rings. The van der Waals surface area contributed by atoms with E-state index in [4.69, 9.17) is 16.7 Å². The fourth-order valence-corrected chi connectivity index (χ4v) is 5.51. The maximum Gasteiger partial charge on any atom is 0.332 e. The van der Waals surface area contributed by atoms with Gasteiger partial charge in [0.2, 0.25) is 0 Å². The maximum absolute atomic E-state index is 13.2. The summed E-state index contributed by atoms with van der Waals surface area (Å²) in [6.07, 6.45) is 1.85. The first-order valence-corrected chi connectivity index (χ1v) is 13.0. The smallest absolute Gasteiger partial charge is 0.332 e. The SMILES string of the molecule is CCCCS(=O)(=O)/C(=N/c1c(C)c(=O)n(CCCO)c(=O)n1C)C(C)Cc1ccc(Cl)cc1. The van der Waals surface area contributed by atoms with Crippen molar-refractivity contribution in [3.8, 4) is 0 Å². The van der Waals surface area contributed by atoms with E-state index in [1.807, 2.05) is 19.1 Å². The first-order chi connectivity index (χ1) is 15.5. The Morgan fingerprint density at radius 1 is 1.18 bits per heavy atom. The minimum Gasteiger partial charge on any atom is -0.396 e. The number of sulfone groups is 1. The van der Waals surface area contributed by atoms with Crippen molar-refractivity contribution in [3.63, 3.8) is 0 Å². The highest BCUT2D eigenvalue weighted by atomic mass is 35.5. The van der Waals surface area contributed by atoms with Gasteiger partial charge in [0.25, 0.3) is 5.56 Å². The van der Waals surface area contributed by atoms with Gasteiger partial charge < -0.3 is 5.11 Å². The molecule has 0 radical (unpaired) electrons. The molecule has 0 spiro atoms. The van der Waals surface area contributed by atoms with Crippen LogP contribution in [0.2, 0.25) is 5.02 Å². The Hall–Kier alpha value is -2.23. The molecular weight excluding hydrogens is 466 g/mol. The molecule has 1 aromatic heterocycles. The highest BCUT2D eigenvalue weighted by Crippen LogP contribution is 2.22. The summed E-state index contributed by atoms with van der Waals surface area (Å²) >= 11 is 5.96. The second kappa shape index (κ2) is 11.8. The lowest BCUT2D eigenvalue weighted by Crippen LogP contribution is -2.40. The lowest BCUT2D eigenvalue weighted by molar-refractivity contribution is 0.277. The number of aliphatic imine (C=N–C) groups is 1. The van der Waals surface area contributed by atoms with Crippen molar-refractivity contribution < 1.29 is 13.5 Å². The van der Waals surface area contributed by atoms with Crippen molar-refractivity contribution in [3.05, 3.63) is 61.3 Å². The van der Waals surface area contributed by atoms with Crippen molar-refractivity contribution in [2.24, 2.45) is 18.0 Å². The van der Waals surface area contributed by atoms with Crippen molar-refractivity contribution in [2.75, 3.05) is 12.4 Å². The van der Waals surface area contributed by atoms with Gasteiger partial charge >= 0.3 is 5.69 Å². The molecule has 0 saturated heterocycles. The van der Waals surface area contributed by atoms with Crippen LogP contribution in [0, 0.1) is 12.8 Å². The van der Waals surface area contributed by atoms with Crippen LogP contribution < -0.4 is 11.2 Å². The molecule has 0 aliphatic rings. The van der Waals surface area contributed by atoms with Crippen LogP contribution in [0.1, 0.15) is 44.2 Å². The van der Waals surface area contributed by atoms with E-state index >= 15 is 0 Å². The van der Waals surface area contributed by atoms with Gasteiger partial charge in [0.1, 0.15) is 10.9 Å². The highest BCUT2D eigenvalue weighted by Gasteiger charge is 2.27. The number of unbranched alkanes of at least 4 members (excludes halogenated alkanes) is 1. The summed E-state index contributed by atoms with van der Waals surface area (Å²) in [4.78, 5) is 30.0. The summed E-state index contributed by atoms with van der Waals surface area (Å²) in [5.41, 5.74) is -0.0679. The molecule has 0 saturated carbocycles. The number of aromatic nitrogens is 2. The van der Waals surface area contributed by atoms with Gasteiger partial charge in [-0.15, -0.1) is 0 Å². The number of hydrogen-bond donors (Lipinski definition) is 1. The molecule has 182 valence electrons. The molecule has 8 nitrogen and oxygen atoms in total. The molecule has 2 rings (SSSR count). The zero-order chi connectivity index (χ0) is 24.8. The first kappa shape index (κ1) is 27.0. The predicted molar refractivity (Wildman–Crippen MR) is 132 cm³/mol. The maximum atomic E-state index is 13.2. The molecule has 0 aliphatic heterocycles. The zero-order valence-corrected chi connectivity index (χ0v) is 21.1. The number of aliphatic hydroxyl groups is 1. The number of benzene rings is 1. The first-order valence-electron chi connectivity index (χ1n) is 11.0. The van der Waals surface area contributed by atoms with Gasteiger partial charge in [-0.05, 0) is 43.9 Å². The summed E-state index contributed by atoms with van der Waals surface area (Å²) < 4.78 is 28.7. The van der Waals surface area contributed by atoms with Crippen molar-refractivity contribution in [1.82, 2.24) is 9.13 Å². The molecule has 0 aliphatic carbocycles. The topological polar surface area (TPSA) is 111 Å². The van der Waals surface area contributed by atoms with Crippen LogP contribution in [0.4, 0.5) is 5.82 Å². The molecule has 1 N–H and O–H groups in total. The van der Waals surface area contributed by atoms with E-state index in [0.717, 1.165) is 10.1 Å². The van der Waals surface area contributed by atoms with Crippen LogP contribution in [0.5, 0.6) is 0 Å². The van der Waals surface area contributed by atoms with E-state index < -0.39 is 27.0 Å². The molecule has 1 atom stereocenters. The number of nitrogens with zero attached hydrogens (tertiary/aromatic N) is 3. The molecule has 0 bridgehead atoms. The summed E-state index contributed by atoms with van der Waals surface area (Å²) in [5.74, 6) is -0.518. The Balaban J connectivity index is 2.64. The van der Waals surface area contributed by atoms with E-state index in [1.54, 1.807) is 19.1 Å². The Morgan fingerprint density at radius 3 is 2.39 bits per heavy atom. The molecule has 33 heavy (non-hydrogen) atoms. The number of halogens is 1. The third-order valence-electron chi connectivity index (χ3n) is 5.45. The normalized spacial score (nSPS) is 13.3. The minimum atomic E-state index is -3.73. The average molecular weight is 498 g/mol. The van der Waals surface area contributed by atoms with E-state index in [9.17, 15) is 18.0 Å². The van der Waals surface area contributed by atoms with Crippen LogP contribution in [-0.4, -0.2) is 40.1 Å². The minimum absolute atomic E-state index is 0.0308. The van der Waals surface area contributed by atoms with Gasteiger partial charge in [-0.1, -0.05) is 44.0 Å². The zero-order valence-electron chi connectivity index (χ0n) is 19.5. The van der Waals surface area contributed by atoms with Gasteiger partial charge in [-0.2, -0.15) is 0 Å². The summed E-state index contributed by atoms with van der Waals surface area (Å²) in [6.45, 7) is 5.12. The number of rotatable bonds is 10. The van der Waals surface area contributed by atoms with E-state index in [2.05, 4.69) is 4.99 Å². The lowest BCUT2D eigenvalue weighted by atomic mass is 10.0. The van der Waals surface area contributed by atoms with Crippen molar-refractivity contribution in [1.29, 1.82) is 0 Å². The Labute approximate surface area is 199 Å². The van der Waals surface area contributed by atoms with E-state index in [0.29, 0.717) is 24.3 Å². The third-order valence-corrected chi connectivity index (χ3v) is 7.66. The predicted octanol–water partition coefficient (Wildman–Crippen LogP) is 3.01. The number of aliphatic hydroxyl groups excluding tert-OH is 1. The third kappa shape index (κ3) is 6.65. The second-order valence-electron chi connectivity index (χ2n) is 8.18. The quantitative estimate of drug-likeness (QED) is 0.400. The average Bonchev–Trinajstić information content (AvgIpc) is 2.77. The van der Waals surface area contributed by atoms with Gasteiger partial charge in [-0.3, -0.25) is 13.9 Å². The molecule has 1 unspecified atom stereocenters. The Morgan fingerprint density at radius 2 is 1.82 bits per heavy atom. The fraction of sp³-hybridized carbons (Fsp3) is 0.522. The van der Waals surface area contributed by atoms with Crippen LogP contribution in [0.25, 0.3) is 0 Å². The second-order valence-corrected chi connectivity index (χ2v) is 10.7. The highest BCUT2D eigenvalue weighted by molar-refractivity contribution is 8.06. The van der Waals surface area contributed by atoms with Gasteiger partial charge in [0, 0.05) is 31.1 Å². The van der Waals surface area contributed by atoms with Crippen LogP contribution >= 0.6 is 11.6 Å². The summed E-state index contributed by atoms with van der Waals surface area (Å²) in [6, 6.07) is 7.15. The molecular formula is C23H32ClN3O5S. The molecule has 1 heterocycles. The molecule has 1 aromatic carbocycles. The lowest BCUT2D eigenvalue weighted by Gasteiger charge is -2.18. The molecule has 10 heteroatoms. The largest absolute Gasteiger partial charge is 0.396 e. The van der Waals surface area contributed by atoms with Crippen LogP contribution in [-0.2, 0) is 29.9 Å². The summed E-state index contributed by atoms with van der Waals surface area (Å²) in [5, 5.41) is 9.60. The van der Waals surface area contributed by atoms with E-state index in [1.165, 1.54) is 18.5 Å². The van der Waals surface area contributed by atoms with Crippen LogP contribution in [0.3, 0.4) is 0 Å². The van der Waals surface area contributed by atoms with Gasteiger partial charge in [0.05, 0.1) is 11.3 Å². The summed E-state index contributed by atoms with van der Waals surface area (Å²) in [7, 11) is -2.27. The number of hydrogen-bond acceptors (Lipinski definition) is 6. The van der Waals surface area contributed by atoms with Gasteiger partial charge in [-0.25, -0.2) is 18.2 Å². The standard InChI is InChI=1S/C23H32ClN3O5S/c1-5-6-14-33(31,32)21(16(2)15-18-8-10-19(24)11-9-18)25-20-17(3)22(29)27(12-7-13-28)23(30)26(20)4/h8-11,16,28H,5-7,12-15H2,1-4H3/b25-21+. The van der Waals surface area contributed by atoms with E-state index in [-0.39, 0.29) is 41.8 Å². The molecule has 0 fully saturated rings. The van der Waals surface area contributed by atoms with Crippen LogP contribution in [0.15, 0.2) is 38.8 Å².